The Morgan fingerprint density at radius 1 is 1.26 bits per heavy atom. The number of aliphatic hydroxyl groups excluding tert-OH is 1. The number of carboxylic acid groups (broad SMARTS) is 1. The Hall–Kier alpha value is -3.02. The molecule has 0 aliphatic carbocycles. The second-order valence-electron chi connectivity index (χ2n) is 6.34. The smallest absolute Gasteiger partial charge is 0.341 e. The largest absolute Gasteiger partial charge is 0.477 e. The van der Waals surface area contributed by atoms with E-state index >= 15 is 0 Å². The van der Waals surface area contributed by atoms with Crippen molar-refractivity contribution in [3.8, 4) is 5.82 Å². The summed E-state index contributed by atoms with van der Waals surface area (Å²) in [6.45, 7) is -0.223. The number of nitrogen functional groups attached to an aromatic ring is 1. The molecule has 0 bridgehead atoms. The molecule has 0 aliphatic rings. The minimum absolute atomic E-state index is 0.170. The number of alkyl halides is 1. The Morgan fingerprint density at radius 3 is 2.55 bits per heavy atom. The van der Waals surface area contributed by atoms with Crippen LogP contribution in [-0.2, 0) is 0 Å². The first-order valence-corrected chi connectivity index (χ1v) is 9.38. The van der Waals surface area contributed by atoms with E-state index in [-0.39, 0.29) is 23.6 Å². The average Bonchev–Trinajstić information content (AvgIpc) is 2.71. The molecule has 0 aliphatic heterocycles. The molecule has 1 unspecified atom stereocenters. The number of anilines is 2. The summed E-state index contributed by atoms with van der Waals surface area (Å²) in [4.78, 5) is 27.7. The Kier molecular flexibility index (Phi) is 6.30. The first kappa shape index (κ1) is 22.7. The number of aliphatic hydroxyl groups is 1. The van der Waals surface area contributed by atoms with Crippen LogP contribution in [-0.4, -0.2) is 44.3 Å². The molecular formula is C18H13Cl2F3N4O4. The van der Waals surface area contributed by atoms with Gasteiger partial charge in [-0.2, -0.15) is 0 Å². The Labute approximate surface area is 181 Å². The van der Waals surface area contributed by atoms with Crippen molar-refractivity contribution in [3.63, 3.8) is 0 Å². The number of aromatic nitrogens is 2. The van der Waals surface area contributed by atoms with Gasteiger partial charge in [-0.3, -0.25) is 9.36 Å². The molecule has 0 spiro atoms. The number of hydrogen-bond acceptors (Lipinski definition) is 6. The van der Waals surface area contributed by atoms with Gasteiger partial charge in [-0.15, -0.1) is 11.6 Å². The van der Waals surface area contributed by atoms with Crippen LogP contribution in [0.5, 0.6) is 0 Å². The van der Waals surface area contributed by atoms with E-state index in [2.05, 4.69) is 10.3 Å². The van der Waals surface area contributed by atoms with Gasteiger partial charge in [0.2, 0.25) is 5.43 Å². The lowest BCUT2D eigenvalue weighted by atomic mass is 10.1. The first-order valence-electron chi connectivity index (χ1n) is 8.47. The predicted octanol–water partition coefficient (Wildman–Crippen LogP) is 2.75. The van der Waals surface area contributed by atoms with Gasteiger partial charge < -0.3 is 21.3 Å². The van der Waals surface area contributed by atoms with Crippen LogP contribution in [0, 0.1) is 17.5 Å². The van der Waals surface area contributed by atoms with Crippen molar-refractivity contribution in [1.82, 2.24) is 9.55 Å². The maximum atomic E-state index is 14.7. The molecule has 2 heterocycles. The Bertz CT molecular complexity index is 1270. The number of carboxylic acids is 1. The number of benzene rings is 1. The van der Waals surface area contributed by atoms with Crippen molar-refractivity contribution in [1.29, 1.82) is 0 Å². The lowest BCUT2D eigenvalue weighted by Crippen LogP contribution is -2.23. The third-order valence-electron chi connectivity index (χ3n) is 4.27. The second kappa shape index (κ2) is 8.61. The highest BCUT2D eigenvalue weighted by Gasteiger charge is 2.24. The zero-order chi connectivity index (χ0) is 23.0. The molecule has 1 aromatic carbocycles. The topological polar surface area (TPSA) is 130 Å². The molecule has 1 atom stereocenters. The maximum Gasteiger partial charge on any atom is 0.341 e. The fraction of sp³-hybridized carbons (Fsp3) is 0.167. The van der Waals surface area contributed by atoms with Gasteiger partial charge in [-0.05, 0) is 6.07 Å². The van der Waals surface area contributed by atoms with Crippen molar-refractivity contribution >= 4 is 51.6 Å². The first-order chi connectivity index (χ1) is 14.6. The predicted molar refractivity (Wildman–Crippen MR) is 109 cm³/mol. The SMILES string of the molecule is Nc1nc(-n2cc(C(=O)O)c(=O)c3cc(F)c(NCC(O)CCl)c(Cl)c32)c(F)cc1F. The monoisotopic (exact) mass is 476 g/mol. The molecule has 0 fully saturated rings. The number of aromatic carboxylic acids is 1. The fourth-order valence-electron chi connectivity index (χ4n) is 2.81. The highest BCUT2D eigenvalue weighted by atomic mass is 35.5. The van der Waals surface area contributed by atoms with Crippen LogP contribution in [0.3, 0.4) is 0 Å². The van der Waals surface area contributed by atoms with Gasteiger partial charge in [0.25, 0.3) is 0 Å². The summed E-state index contributed by atoms with van der Waals surface area (Å²) in [7, 11) is 0. The van der Waals surface area contributed by atoms with Crippen LogP contribution in [0.2, 0.25) is 5.02 Å². The van der Waals surface area contributed by atoms with Crippen LogP contribution >= 0.6 is 23.2 Å². The fourth-order valence-corrected chi connectivity index (χ4v) is 3.27. The Balaban J connectivity index is 2.42. The maximum absolute atomic E-state index is 14.7. The van der Waals surface area contributed by atoms with Gasteiger partial charge in [0.15, 0.2) is 23.3 Å². The number of nitrogens with one attached hydrogen (secondary N) is 1. The van der Waals surface area contributed by atoms with Crippen LogP contribution in [0.4, 0.5) is 24.7 Å². The average molecular weight is 477 g/mol. The summed E-state index contributed by atoms with van der Waals surface area (Å²) >= 11 is 11.8. The number of hydrogen-bond donors (Lipinski definition) is 4. The van der Waals surface area contributed by atoms with Gasteiger partial charge in [0, 0.05) is 18.8 Å². The number of nitrogens with two attached hydrogens (primary N) is 1. The van der Waals surface area contributed by atoms with Gasteiger partial charge in [-0.25, -0.2) is 22.9 Å². The molecule has 31 heavy (non-hydrogen) atoms. The number of pyridine rings is 2. The van der Waals surface area contributed by atoms with Crippen molar-refractivity contribution in [2.24, 2.45) is 0 Å². The van der Waals surface area contributed by atoms with Gasteiger partial charge in [0.05, 0.1) is 33.6 Å². The van der Waals surface area contributed by atoms with Crippen molar-refractivity contribution in [2.45, 2.75) is 6.10 Å². The highest BCUT2D eigenvalue weighted by molar-refractivity contribution is 6.38. The van der Waals surface area contributed by atoms with Crippen LogP contribution in [0.15, 0.2) is 23.1 Å². The highest BCUT2D eigenvalue weighted by Crippen LogP contribution is 2.34. The molecule has 3 aromatic rings. The molecule has 2 aromatic heterocycles. The molecule has 0 amide bonds. The van der Waals surface area contributed by atoms with Gasteiger partial charge in [-0.1, -0.05) is 11.6 Å². The molecular weight excluding hydrogens is 464 g/mol. The zero-order valence-electron chi connectivity index (χ0n) is 15.3. The molecule has 164 valence electrons. The summed E-state index contributed by atoms with van der Waals surface area (Å²) in [5.74, 6) is -6.69. The number of carbonyl (C=O) groups is 1. The summed E-state index contributed by atoms with van der Waals surface area (Å²) in [6, 6.07) is 1.11. The van der Waals surface area contributed by atoms with E-state index in [0.717, 1.165) is 10.8 Å². The summed E-state index contributed by atoms with van der Waals surface area (Å²) in [6.07, 6.45) is -0.350. The summed E-state index contributed by atoms with van der Waals surface area (Å²) in [5.41, 5.74) is 2.77. The number of halogens is 5. The summed E-state index contributed by atoms with van der Waals surface area (Å²) < 4.78 is 43.5. The van der Waals surface area contributed by atoms with E-state index in [4.69, 9.17) is 28.9 Å². The lowest BCUT2D eigenvalue weighted by molar-refractivity contribution is 0.0695. The zero-order valence-corrected chi connectivity index (χ0v) is 16.8. The van der Waals surface area contributed by atoms with E-state index in [1.807, 2.05) is 0 Å². The standard InChI is InChI=1S/C18H13Cl2F3N4O4/c19-3-6(28)4-25-13-9(21)1-7-14(12(13)20)27(5-8(15(7)29)18(30)31)17-11(23)2-10(22)16(24)26-17/h1-2,5-6,25,28H,3-4H2,(H2,24,26)(H,30,31). The normalized spacial score (nSPS) is 12.2. The molecule has 13 heteroatoms. The van der Waals surface area contributed by atoms with Crippen LogP contribution < -0.4 is 16.5 Å². The molecule has 0 saturated carbocycles. The minimum atomic E-state index is -1.68. The van der Waals surface area contributed by atoms with Crippen LogP contribution in [0.25, 0.3) is 16.7 Å². The Morgan fingerprint density at radius 2 is 1.94 bits per heavy atom. The molecule has 0 saturated heterocycles. The van der Waals surface area contributed by atoms with Gasteiger partial charge in [0.1, 0.15) is 11.4 Å². The van der Waals surface area contributed by atoms with Gasteiger partial charge >= 0.3 is 5.97 Å². The van der Waals surface area contributed by atoms with E-state index in [0.29, 0.717) is 12.1 Å². The third-order valence-corrected chi connectivity index (χ3v) is 4.99. The summed E-state index contributed by atoms with van der Waals surface area (Å²) in [5, 5.41) is 20.5. The lowest BCUT2D eigenvalue weighted by Gasteiger charge is -2.18. The molecule has 3 rings (SSSR count). The van der Waals surface area contributed by atoms with E-state index in [1.54, 1.807) is 0 Å². The molecule has 0 radical (unpaired) electrons. The van der Waals surface area contributed by atoms with Crippen molar-refractivity contribution in [2.75, 3.05) is 23.5 Å². The van der Waals surface area contributed by atoms with E-state index in [9.17, 15) is 33.0 Å². The van der Waals surface area contributed by atoms with E-state index in [1.165, 1.54) is 0 Å². The molecule has 5 N–H and O–H groups in total. The quantitative estimate of drug-likeness (QED) is 0.402. The number of rotatable bonds is 6. The minimum Gasteiger partial charge on any atom is -0.477 e. The van der Waals surface area contributed by atoms with Crippen LogP contribution in [0.1, 0.15) is 10.4 Å². The third kappa shape index (κ3) is 4.11. The number of nitrogens with zero attached hydrogens (tertiary/aromatic N) is 2. The second-order valence-corrected chi connectivity index (χ2v) is 7.03. The van der Waals surface area contributed by atoms with Crippen molar-refractivity contribution < 1.29 is 28.2 Å². The van der Waals surface area contributed by atoms with E-state index < -0.39 is 62.6 Å². The number of fused-ring (bicyclic) bond motifs is 1. The molecule has 8 nitrogen and oxygen atoms in total. The van der Waals surface area contributed by atoms with Crippen molar-refractivity contribution in [3.05, 3.63) is 56.6 Å².